The van der Waals surface area contributed by atoms with E-state index in [2.05, 4.69) is 88.8 Å². The summed E-state index contributed by atoms with van der Waals surface area (Å²) in [6.07, 6.45) is 4.58. The molecule has 0 unspecified atom stereocenters. The van der Waals surface area contributed by atoms with Crippen molar-refractivity contribution in [2.45, 2.75) is 31.2 Å². The molecule has 0 spiro atoms. The molecular weight excluding hydrogens is 504 g/mol. The SMILES string of the molecule is C=CC[n+]1c2ccccc2c(-c2ccc(N3CCCC3)cc2)c2ccccc21.Cc1ccc(S(=O)(=O)[O-])cc1. The van der Waals surface area contributed by atoms with Gasteiger partial charge in [-0.2, -0.15) is 4.57 Å². The van der Waals surface area contributed by atoms with E-state index in [-0.39, 0.29) is 4.90 Å². The highest BCUT2D eigenvalue weighted by molar-refractivity contribution is 7.85. The van der Waals surface area contributed by atoms with Crippen LogP contribution in [0.25, 0.3) is 32.9 Å². The molecule has 198 valence electrons. The summed E-state index contributed by atoms with van der Waals surface area (Å²) >= 11 is 0. The normalized spacial score (nSPS) is 13.3. The first-order valence-electron chi connectivity index (χ1n) is 13.2. The Labute approximate surface area is 230 Å². The highest BCUT2D eigenvalue weighted by atomic mass is 32.2. The number of hydrogen-bond donors (Lipinski definition) is 0. The average molecular weight is 537 g/mol. The molecule has 1 aliphatic rings. The van der Waals surface area contributed by atoms with E-state index in [4.69, 9.17) is 0 Å². The van der Waals surface area contributed by atoms with Gasteiger partial charge in [-0.15, -0.1) is 0 Å². The Bertz CT molecular complexity index is 1660. The number of pyridine rings is 1. The molecule has 2 heterocycles. The fraction of sp³-hybridized carbons (Fsp3) is 0.182. The maximum absolute atomic E-state index is 10.4. The minimum Gasteiger partial charge on any atom is -0.744 e. The molecule has 0 N–H and O–H groups in total. The third-order valence-electron chi connectivity index (χ3n) is 7.18. The van der Waals surface area contributed by atoms with E-state index < -0.39 is 10.1 Å². The van der Waals surface area contributed by atoms with Crippen molar-refractivity contribution >= 4 is 37.6 Å². The predicted octanol–water partition coefficient (Wildman–Crippen LogP) is 6.63. The molecule has 0 saturated carbocycles. The van der Waals surface area contributed by atoms with Crippen LogP contribution in [0.4, 0.5) is 5.69 Å². The molecule has 1 saturated heterocycles. The molecule has 0 bridgehead atoms. The van der Waals surface area contributed by atoms with Crippen molar-refractivity contribution in [2.24, 2.45) is 0 Å². The predicted molar refractivity (Wildman–Crippen MR) is 158 cm³/mol. The lowest BCUT2D eigenvalue weighted by Crippen LogP contribution is -2.34. The van der Waals surface area contributed by atoms with Crippen LogP contribution in [0.5, 0.6) is 0 Å². The molecule has 1 fully saturated rings. The van der Waals surface area contributed by atoms with Crippen molar-refractivity contribution in [3.05, 3.63) is 115 Å². The highest BCUT2D eigenvalue weighted by Crippen LogP contribution is 2.35. The van der Waals surface area contributed by atoms with E-state index in [9.17, 15) is 13.0 Å². The molecule has 0 aliphatic carbocycles. The van der Waals surface area contributed by atoms with E-state index in [1.165, 1.54) is 76.7 Å². The third-order valence-corrected chi connectivity index (χ3v) is 8.03. The van der Waals surface area contributed by atoms with Crippen molar-refractivity contribution in [2.75, 3.05) is 18.0 Å². The van der Waals surface area contributed by atoms with Gasteiger partial charge in [0.1, 0.15) is 10.1 Å². The molecule has 4 aromatic carbocycles. The zero-order valence-corrected chi connectivity index (χ0v) is 22.9. The number of benzene rings is 4. The Morgan fingerprint density at radius 3 is 1.87 bits per heavy atom. The number of nitrogens with zero attached hydrogens (tertiary/aromatic N) is 2. The van der Waals surface area contributed by atoms with Crippen LogP contribution in [0.2, 0.25) is 0 Å². The summed E-state index contributed by atoms with van der Waals surface area (Å²) in [5, 5.41) is 2.58. The van der Waals surface area contributed by atoms with Gasteiger partial charge in [-0.3, -0.25) is 0 Å². The Morgan fingerprint density at radius 1 is 0.821 bits per heavy atom. The number of anilines is 1. The molecule has 5 aromatic rings. The largest absolute Gasteiger partial charge is 0.744 e. The monoisotopic (exact) mass is 536 g/mol. The molecule has 0 radical (unpaired) electrons. The maximum atomic E-state index is 10.4. The van der Waals surface area contributed by atoms with E-state index in [0.29, 0.717) is 0 Å². The van der Waals surface area contributed by atoms with Gasteiger partial charge in [0.2, 0.25) is 11.0 Å². The smallest absolute Gasteiger partial charge is 0.213 e. The van der Waals surface area contributed by atoms with Gasteiger partial charge in [0.15, 0.2) is 6.54 Å². The minimum atomic E-state index is -4.27. The van der Waals surface area contributed by atoms with Crippen LogP contribution in [0, 0.1) is 6.92 Å². The average Bonchev–Trinajstić information content (AvgIpc) is 3.49. The lowest BCUT2D eigenvalue weighted by atomic mass is 9.95. The zero-order valence-electron chi connectivity index (χ0n) is 22.1. The van der Waals surface area contributed by atoms with Crippen molar-refractivity contribution in [3.8, 4) is 11.1 Å². The highest BCUT2D eigenvalue weighted by Gasteiger charge is 2.20. The van der Waals surface area contributed by atoms with E-state index in [0.717, 1.165) is 12.1 Å². The number of rotatable bonds is 5. The van der Waals surface area contributed by atoms with Crippen molar-refractivity contribution in [3.63, 3.8) is 0 Å². The van der Waals surface area contributed by atoms with Crippen LogP contribution in [0.15, 0.2) is 115 Å². The van der Waals surface area contributed by atoms with Crippen molar-refractivity contribution in [1.29, 1.82) is 0 Å². The first kappa shape index (κ1) is 26.6. The Balaban J connectivity index is 0.000000237. The Morgan fingerprint density at radius 2 is 1.36 bits per heavy atom. The fourth-order valence-electron chi connectivity index (χ4n) is 5.27. The summed E-state index contributed by atoms with van der Waals surface area (Å²) in [5.74, 6) is 0. The topological polar surface area (TPSA) is 64.3 Å². The second-order valence-corrected chi connectivity index (χ2v) is 11.2. The van der Waals surface area contributed by atoms with Crippen LogP contribution in [-0.2, 0) is 16.7 Å². The van der Waals surface area contributed by atoms with E-state index >= 15 is 0 Å². The van der Waals surface area contributed by atoms with Gasteiger partial charge >= 0.3 is 0 Å². The lowest BCUT2D eigenvalue weighted by Gasteiger charge is -2.18. The number of para-hydroxylation sites is 2. The van der Waals surface area contributed by atoms with Crippen LogP contribution in [0.1, 0.15) is 18.4 Å². The van der Waals surface area contributed by atoms with Gasteiger partial charge in [0.25, 0.3) is 0 Å². The molecule has 0 atom stereocenters. The summed E-state index contributed by atoms with van der Waals surface area (Å²) in [6.45, 7) is 8.95. The Kier molecular flexibility index (Phi) is 7.77. The zero-order chi connectivity index (χ0) is 27.4. The number of allylic oxidation sites excluding steroid dienone is 1. The van der Waals surface area contributed by atoms with Gasteiger partial charge in [0, 0.05) is 36.5 Å². The fourth-order valence-corrected chi connectivity index (χ4v) is 5.74. The molecule has 6 heteroatoms. The van der Waals surface area contributed by atoms with Crippen LogP contribution in [0.3, 0.4) is 0 Å². The summed E-state index contributed by atoms with van der Waals surface area (Å²) in [7, 11) is -4.27. The van der Waals surface area contributed by atoms with Gasteiger partial charge in [-0.05, 0) is 67.8 Å². The van der Waals surface area contributed by atoms with E-state index in [1.807, 2.05) is 13.0 Å². The molecule has 39 heavy (non-hydrogen) atoms. The summed E-state index contributed by atoms with van der Waals surface area (Å²) in [4.78, 5) is 2.31. The molecule has 1 aromatic heterocycles. The van der Waals surface area contributed by atoms with Gasteiger partial charge < -0.3 is 9.45 Å². The van der Waals surface area contributed by atoms with Crippen LogP contribution >= 0.6 is 0 Å². The van der Waals surface area contributed by atoms with Crippen LogP contribution in [-0.4, -0.2) is 26.1 Å². The van der Waals surface area contributed by atoms with Gasteiger partial charge in [-0.1, -0.05) is 60.7 Å². The van der Waals surface area contributed by atoms with Crippen molar-refractivity contribution < 1.29 is 17.5 Å². The number of aromatic nitrogens is 1. The van der Waals surface area contributed by atoms with Gasteiger partial charge in [0.05, 0.1) is 15.7 Å². The molecule has 5 nitrogen and oxygen atoms in total. The number of hydrogen-bond acceptors (Lipinski definition) is 4. The lowest BCUT2D eigenvalue weighted by molar-refractivity contribution is -0.634. The second kappa shape index (κ2) is 11.4. The molecule has 1 aliphatic heterocycles. The Hall–Kier alpha value is -4.00. The first-order valence-corrected chi connectivity index (χ1v) is 14.6. The quantitative estimate of drug-likeness (QED) is 0.109. The minimum absolute atomic E-state index is 0.178. The maximum Gasteiger partial charge on any atom is 0.213 e. The van der Waals surface area contributed by atoms with Gasteiger partial charge in [-0.25, -0.2) is 8.42 Å². The van der Waals surface area contributed by atoms with Crippen molar-refractivity contribution in [1.82, 2.24) is 0 Å². The number of fused-ring (bicyclic) bond motifs is 2. The number of aryl methyl sites for hydroxylation is 1. The molecule has 6 rings (SSSR count). The first-order chi connectivity index (χ1) is 18.9. The summed E-state index contributed by atoms with van der Waals surface area (Å²) in [5.41, 5.74) is 7.37. The summed E-state index contributed by atoms with van der Waals surface area (Å²) in [6, 6.07) is 32.4. The van der Waals surface area contributed by atoms with Crippen LogP contribution < -0.4 is 9.47 Å². The molecule has 0 amide bonds. The standard InChI is InChI=1S/C26H25N2.C7H8O3S/c1-2-17-28-24-11-5-3-9-22(24)26(23-10-4-6-12-25(23)28)20-13-15-21(16-14-20)27-18-7-8-19-27;1-6-2-4-7(5-3-6)11(8,9)10/h2-6,9-16H,1,7-8,17-19H2;2-5H,1H3,(H,8,9,10)/q+1;/p-1. The third kappa shape index (κ3) is 5.72. The molecular formula is C33H32N2O3S. The van der Waals surface area contributed by atoms with E-state index in [1.54, 1.807) is 12.1 Å². The second-order valence-electron chi connectivity index (χ2n) is 9.82. The summed E-state index contributed by atoms with van der Waals surface area (Å²) < 4.78 is 33.5.